The molecule has 0 radical (unpaired) electrons. The molecular weight excluding hydrogens is 206 g/mol. The summed E-state index contributed by atoms with van der Waals surface area (Å²) in [4.78, 5) is 13.9. The van der Waals surface area contributed by atoms with Crippen LogP contribution in [0.3, 0.4) is 0 Å². The molecule has 0 spiro atoms. The van der Waals surface area contributed by atoms with Crippen molar-refractivity contribution in [2.45, 2.75) is 44.8 Å². The van der Waals surface area contributed by atoms with Gasteiger partial charge in [0.15, 0.2) is 0 Å². The third-order valence-corrected chi connectivity index (χ3v) is 3.87. The molecule has 0 saturated carbocycles. The zero-order valence-electron chi connectivity index (χ0n) is 10.1. The van der Waals surface area contributed by atoms with E-state index in [4.69, 9.17) is 4.74 Å². The van der Waals surface area contributed by atoms with Crippen molar-refractivity contribution in [3.8, 4) is 0 Å². The first kappa shape index (κ1) is 11.9. The Balaban J connectivity index is 1.90. The zero-order chi connectivity index (χ0) is 11.8. The molecule has 1 N–H and O–H groups in total. The summed E-state index contributed by atoms with van der Waals surface area (Å²) in [5.74, 6) is 0.189. The van der Waals surface area contributed by atoms with Crippen molar-refractivity contribution in [1.82, 2.24) is 4.90 Å². The van der Waals surface area contributed by atoms with Crippen molar-refractivity contribution in [3.05, 3.63) is 0 Å². The van der Waals surface area contributed by atoms with Crippen LogP contribution < -0.4 is 0 Å². The molecule has 0 aromatic rings. The lowest BCUT2D eigenvalue weighted by Gasteiger charge is -2.47. The SMILES string of the molecule is CCC1OCCC1C(=O)N1CC(O)(CC)C1. The van der Waals surface area contributed by atoms with Crippen LogP contribution in [0.25, 0.3) is 0 Å². The third kappa shape index (κ3) is 1.96. The number of amides is 1. The van der Waals surface area contributed by atoms with Gasteiger partial charge in [0.2, 0.25) is 5.91 Å². The van der Waals surface area contributed by atoms with Crippen molar-refractivity contribution in [2.75, 3.05) is 19.7 Å². The summed E-state index contributed by atoms with van der Waals surface area (Å²) in [5.41, 5.74) is -0.628. The molecule has 2 fully saturated rings. The number of aliphatic hydroxyl groups is 1. The summed E-state index contributed by atoms with van der Waals surface area (Å²) in [6, 6.07) is 0. The normalized spacial score (nSPS) is 32.6. The number of carbonyl (C=O) groups excluding carboxylic acids is 1. The molecule has 0 bridgehead atoms. The van der Waals surface area contributed by atoms with E-state index in [-0.39, 0.29) is 17.9 Å². The summed E-state index contributed by atoms with van der Waals surface area (Å²) in [6.45, 7) is 5.69. The Bertz CT molecular complexity index is 273. The summed E-state index contributed by atoms with van der Waals surface area (Å²) in [6.07, 6.45) is 2.53. The Hall–Kier alpha value is -0.610. The first-order valence-electron chi connectivity index (χ1n) is 6.22. The molecule has 2 aliphatic rings. The molecule has 2 heterocycles. The maximum atomic E-state index is 12.1. The standard InChI is InChI=1S/C12H21NO3/c1-3-10-9(5-6-16-10)11(14)13-7-12(15,4-2)8-13/h9-10,15H,3-8H2,1-2H3. The first-order valence-corrected chi connectivity index (χ1v) is 6.22. The van der Waals surface area contributed by atoms with Crippen molar-refractivity contribution in [2.24, 2.45) is 5.92 Å². The number of ether oxygens (including phenoxy) is 1. The molecule has 16 heavy (non-hydrogen) atoms. The highest BCUT2D eigenvalue weighted by molar-refractivity contribution is 5.80. The number of rotatable bonds is 3. The monoisotopic (exact) mass is 227 g/mol. The van der Waals surface area contributed by atoms with Gasteiger partial charge in [-0.05, 0) is 19.3 Å². The number of hydrogen-bond donors (Lipinski definition) is 1. The van der Waals surface area contributed by atoms with Gasteiger partial charge in [-0.3, -0.25) is 4.79 Å². The van der Waals surface area contributed by atoms with Gasteiger partial charge in [-0.25, -0.2) is 0 Å². The number of nitrogens with zero attached hydrogens (tertiary/aromatic N) is 1. The zero-order valence-corrected chi connectivity index (χ0v) is 10.1. The Morgan fingerprint density at radius 1 is 1.50 bits per heavy atom. The molecule has 2 unspecified atom stereocenters. The molecule has 2 saturated heterocycles. The first-order chi connectivity index (χ1) is 7.59. The fourth-order valence-corrected chi connectivity index (χ4v) is 2.61. The molecule has 2 atom stereocenters. The second-order valence-corrected chi connectivity index (χ2v) is 4.98. The van der Waals surface area contributed by atoms with Gasteiger partial charge in [0.05, 0.1) is 30.7 Å². The Morgan fingerprint density at radius 3 is 2.75 bits per heavy atom. The fourth-order valence-electron chi connectivity index (χ4n) is 2.61. The van der Waals surface area contributed by atoms with Crippen LogP contribution in [0.5, 0.6) is 0 Å². The molecule has 0 aromatic carbocycles. The summed E-state index contributed by atoms with van der Waals surface area (Å²) in [5, 5.41) is 9.88. The fraction of sp³-hybridized carbons (Fsp3) is 0.917. The number of likely N-dealkylation sites (tertiary alicyclic amines) is 1. The maximum Gasteiger partial charge on any atom is 0.228 e. The summed E-state index contributed by atoms with van der Waals surface area (Å²) < 4.78 is 5.52. The van der Waals surface area contributed by atoms with Gasteiger partial charge in [0.25, 0.3) is 0 Å². The Morgan fingerprint density at radius 2 is 2.19 bits per heavy atom. The second kappa shape index (κ2) is 4.34. The van der Waals surface area contributed by atoms with E-state index in [0.29, 0.717) is 19.7 Å². The van der Waals surface area contributed by atoms with E-state index in [0.717, 1.165) is 19.3 Å². The summed E-state index contributed by atoms with van der Waals surface area (Å²) >= 11 is 0. The number of carbonyl (C=O) groups is 1. The molecule has 2 aliphatic heterocycles. The van der Waals surface area contributed by atoms with E-state index in [2.05, 4.69) is 6.92 Å². The Kier molecular flexibility index (Phi) is 3.22. The van der Waals surface area contributed by atoms with Gasteiger partial charge in [-0.1, -0.05) is 13.8 Å². The molecule has 0 aliphatic carbocycles. The van der Waals surface area contributed by atoms with Crippen LogP contribution in [-0.2, 0) is 9.53 Å². The number of β-amino-alcohol motifs (C(OH)–C–C–N with tert-alkyl or cyclic N) is 1. The van der Waals surface area contributed by atoms with Gasteiger partial charge < -0.3 is 14.7 Å². The smallest absolute Gasteiger partial charge is 0.228 e. The molecule has 1 amide bonds. The largest absolute Gasteiger partial charge is 0.386 e. The predicted octanol–water partition coefficient (Wildman–Crippen LogP) is 0.785. The van der Waals surface area contributed by atoms with Crippen molar-refractivity contribution < 1.29 is 14.6 Å². The van der Waals surface area contributed by atoms with Crippen molar-refractivity contribution >= 4 is 5.91 Å². The van der Waals surface area contributed by atoms with Crippen molar-refractivity contribution in [3.63, 3.8) is 0 Å². The van der Waals surface area contributed by atoms with Crippen LogP contribution in [0.2, 0.25) is 0 Å². The highest BCUT2D eigenvalue weighted by atomic mass is 16.5. The third-order valence-electron chi connectivity index (χ3n) is 3.87. The lowest BCUT2D eigenvalue weighted by Crippen LogP contribution is -2.64. The van der Waals surface area contributed by atoms with Gasteiger partial charge in [0, 0.05) is 6.61 Å². The van der Waals surface area contributed by atoms with E-state index in [1.54, 1.807) is 4.90 Å². The van der Waals surface area contributed by atoms with E-state index in [1.807, 2.05) is 6.92 Å². The second-order valence-electron chi connectivity index (χ2n) is 4.98. The highest BCUT2D eigenvalue weighted by Gasteiger charge is 2.45. The molecular formula is C12H21NO3. The highest BCUT2D eigenvalue weighted by Crippen LogP contribution is 2.31. The topological polar surface area (TPSA) is 49.8 Å². The predicted molar refractivity (Wildman–Crippen MR) is 60.0 cm³/mol. The van der Waals surface area contributed by atoms with E-state index >= 15 is 0 Å². The molecule has 4 heteroatoms. The lowest BCUT2D eigenvalue weighted by molar-refractivity contribution is -0.161. The maximum absolute atomic E-state index is 12.1. The summed E-state index contributed by atoms with van der Waals surface area (Å²) in [7, 11) is 0. The average molecular weight is 227 g/mol. The van der Waals surface area contributed by atoms with Gasteiger partial charge in [-0.15, -0.1) is 0 Å². The van der Waals surface area contributed by atoms with E-state index in [1.165, 1.54) is 0 Å². The van der Waals surface area contributed by atoms with Crippen molar-refractivity contribution in [1.29, 1.82) is 0 Å². The van der Waals surface area contributed by atoms with Crippen LogP contribution in [-0.4, -0.2) is 47.3 Å². The van der Waals surface area contributed by atoms with Crippen LogP contribution in [0.15, 0.2) is 0 Å². The van der Waals surface area contributed by atoms with Crippen LogP contribution in [0.4, 0.5) is 0 Å². The quantitative estimate of drug-likeness (QED) is 0.775. The molecule has 4 nitrogen and oxygen atoms in total. The van der Waals surface area contributed by atoms with Crippen LogP contribution in [0, 0.1) is 5.92 Å². The van der Waals surface area contributed by atoms with Gasteiger partial charge >= 0.3 is 0 Å². The minimum atomic E-state index is -0.628. The molecule has 0 aromatic heterocycles. The van der Waals surface area contributed by atoms with Gasteiger partial charge in [-0.2, -0.15) is 0 Å². The average Bonchev–Trinajstić information content (AvgIpc) is 2.71. The van der Waals surface area contributed by atoms with E-state index in [9.17, 15) is 9.90 Å². The Labute approximate surface area is 96.6 Å². The van der Waals surface area contributed by atoms with Crippen LogP contribution >= 0.6 is 0 Å². The van der Waals surface area contributed by atoms with Crippen LogP contribution in [0.1, 0.15) is 33.1 Å². The molecule has 2 rings (SSSR count). The van der Waals surface area contributed by atoms with Gasteiger partial charge in [0.1, 0.15) is 0 Å². The lowest BCUT2D eigenvalue weighted by atomic mass is 9.88. The minimum absolute atomic E-state index is 0.0198. The molecule has 92 valence electrons. The minimum Gasteiger partial charge on any atom is -0.386 e. The van der Waals surface area contributed by atoms with E-state index < -0.39 is 5.60 Å². The number of hydrogen-bond acceptors (Lipinski definition) is 3.